The van der Waals surface area contributed by atoms with Crippen molar-refractivity contribution in [1.82, 2.24) is 0 Å². The molecule has 0 spiro atoms. The molecule has 8 N–H and O–H groups in total. The van der Waals surface area contributed by atoms with Gasteiger partial charge in [0.15, 0.2) is 0 Å². The molecule has 8 nitrogen and oxygen atoms in total. The van der Waals surface area contributed by atoms with Crippen LogP contribution in [0.5, 0.6) is 0 Å². The molecule has 0 bridgehead atoms. The zero-order chi connectivity index (χ0) is 18.8. The average molecular weight is 626 g/mol. The Balaban J connectivity index is -0.000000372. The van der Waals surface area contributed by atoms with Crippen molar-refractivity contribution in [1.29, 1.82) is 0 Å². The first-order valence-electron chi connectivity index (χ1n) is 7.32. The first-order valence-corrected chi connectivity index (χ1v) is 14.9. The Morgan fingerprint density at radius 1 is 0.320 bits per heavy atom. The second-order valence-corrected chi connectivity index (χ2v) is 14.1. The molecule has 0 aromatic rings. The maximum atomic E-state index is 8.74. The minimum atomic E-state index is -0.695. The van der Waals surface area contributed by atoms with E-state index >= 15 is 0 Å². The summed E-state index contributed by atoms with van der Waals surface area (Å²) in [6.07, 6.45) is 3.19. The summed E-state index contributed by atoms with van der Waals surface area (Å²) in [5.74, 6) is 0. The van der Waals surface area contributed by atoms with Gasteiger partial charge >= 0.3 is 0 Å². The van der Waals surface area contributed by atoms with E-state index in [9.17, 15) is 0 Å². The fraction of sp³-hybridized carbons (Fsp3) is 1.00. The van der Waals surface area contributed by atoms with Crippen LogP contribution in [0.25, 0.3) is 0 Å². The van der Waals surface area contributed by atoms with E-state index in [1.807, 2.05) is 0 Å². The van der Waals surface area contributed by atoms with Gasteiger partial charge in [0.25, 0.3) is 0 Å². The molecule has 1 radical (unpaired) electrons. The molecule has 13 heteroatoms. The van der Waals surface area contributed by atoms with Gasteiger partial charge in [-0.15, -0.1) is 0 Å². The van der Waals surface area contributed by atoms with Gasteiger partial charge in [-0.25, -0.2) is 0 Å². The molecule has 0 aliphatic heterocycles. The van der Waals surface area contributed by atoms with Crippen molar-refractivity contribution in [3.63, 3.8) is 0 Å². The van der Waals surface area contributed by atoms with E-state index in [-0.39, 0.29) is 73.2 Å². The number of hydrogen-bond acceptors (Lipinski definition) is 8. The SMILES string of the molecule is OCP(CO)CCP(CO)CO.OCP(CO)CCP(CO)CO.[198Au]. The largest absolute Gasteiger partial charge is 0.392 e. The topological polar surface area (TPSA) is 162 Å². The van der Waals surface area contributed by atoms with Crippen molar-refractivity contribution >= 4 is 31.7 Å². The molecule has 159 valence electrons. The molecule has 0 amide bonds. The van der Waals surface area contributed by atoms with Crippen molar-refractivity contribution < 1.29 is 63.2 Å². The van der Waals surface area contributed by atoms with Gasteiger partial charge < -0.3 is 40.9 Å². The third-order valence-corrected chi connectivity index (χ3v) is 10.4. The van der Waals surface area contributed by atoms with Crippen LogP contribution in [0, 0.1) is 0 Å². The van der Waals surface area contributed by atoms with E-state index in [2.05, 4.69) is 0 Å². The molecule has 0 atom stereocenters. The minimum absolute atomic E-state index is 0. The normalized spacial score (nSPS) is 11.0. The molecule has 0 heterocycles. The standard InChI is InChI=1S/2C6H16O4P2.Au/c2*7-3-11(4-8)1-2-12(5-9)6-10;/h2*7-10H,1-6H2;/i;;1+1. The molecule has 0 saturated heterocycles. The van der Waals surface area contributed by atoms with Crippen molar-refractivity contribution in [2.75, 3.05) is 75.4 Å². The molecule has 0 aliphatic carbocycles. The summed E-state index contributed by atoms with van der Waals surface area (Å²) in [7, 11) is -2.78. The number of hydrogen-bond donors (Lipinski definition) is 8. The summed E-state index contributed by atoms with van der Waals surface area (Å²) >= 11 is 0. The maximum absolute atomic E-state index is 8.74. The second-order valence-electron chi connectivity index (χ2n) is 4.71. The first-order chi connectivity index (χ1) is 11.6. The fourth-order valence-corrected chi connectivity index (χ4v) is 7.32. The molecule has 0 unspecified atom stereocenters. The summed E-state index contributed by atoms with van der Waals surface area (Å²) in [5, 5.41) is 69.9. The molecular weight excluding hydrogens is 594 g/mol. The summed E-state index contributed by atoms with van der Waals surface area (Å²) in [6, 6.07) is 0. The quantitative estimate of drug-likeness (QED) is 0.0946. The van der Waals surface area contributed by atoms with Crippen molar-refractivity contribution in [2.24, 2.45) is 0 Å². The Morgan fingerprint density at radius 3 is 0.520 bits per heavy atom. The van der Waals surface area contributed by atoms with Crippen LogP contribution in [0.1, 0.15) is 0 Å². The molecule has 0 saturated carbocycles. The van der Waals surface area contributed by atoms with Crippen molar-refractivity contribution in [3.8, 4) is 0 Å². The van der Waals surface area contributed by atoms with E-state index in [1.54, 1.807) is 0 Å². The van der Waals surface area contributed by atoms with Crippen LogP contribution in [-0.4, -0.2) is 116 Å². The maximum Gasteiger partial charge on any atom is 0.0646 e. The van der Waals surface area contributed by atoms with E-state index in [0.29, 0.717) is 0 Å². The predicted octanol–water partition coefficient (Wildman–Crippen LogP) is -0.504. The molecular formula is C12H32AuO8P4. The zero-order valence-electron chi connectivity index (χ0n) is 14.2. The van der Waals surface area contributed by atoms with E-state index < -0.39 is 31.7 Å². The van der Waals surface area contributed by atoms with Gasteiger partial charge in [0.1, 0.15) is 0 Å². The number of aliphatic hydroxyl groups is 8. The Labute approximate surface area is 170 Å². The van der Waals surface area contributed by atoms with Crippen LogP contribution in [-0.2, 0) is 22.4 Å². The van der Waals surface area contributed by atoms with E-state index in [4.69, 9.17) is 40.9 Å². The van der Waals surface area contributed by atoms with E-state index in [0.717, 1.165) is 24.6 Å². The third kappa shape index (κ3) is 19.2. The van der Waals surface area contributed by atoms with Gasteiger partial charge in [0.05, 0.1) is 50.8 Å². The Morgan fingerprint density at radius 2 is 0.440 bits per heavy atom. The van der Waals surface area contributed by atoms with Crippen molar-refractivity contribution in [3.05, 3.63) is 0 Å². The average Bonchev–Trinajstić information content (AvgIpc) is 2.63. The van der Waals surface area contributed by atoms with Crippen LogP contribution in [0.3, 0.4) is 0 Å². The molecule has 0 aliphatic rings. The van der Waals surface area contributed by atoms with Gasteiger partial charge in [0, 0.05) is 22.4 Å². The number of aliphatic hydroxyl groups excluding tert-OH is 8. The van der Waals surface area contributed by atoms with Gasteiger partial charge in [-0.2, -0.15) is 0 Å². The molecule has 0 fully saturated rings. The summed E-state index contributed by atoms with van der Waals surface area (Å²) in [4.78, 5) is 0. The van der Waals surface area contributed by atoms with Gasteiger partial charge in [-0.3, -0.25) is 0 Å². The first kappa shape index (κ1) is 31.8. The van der Waals surface area contributed by atoms with Crippen molar-refractivity contribution in [2.45, 2.75) is 0 Å². The monoisotopic (exact) mass is 626 g/mol. The zero-order valence-corrected chi connectivity index (χ0v) is 19.9. The smallest absolute Gasteiger partial charge is 0.0646 e. The molecule has 0 rings (SSSR count). The Hall–Kier alpha value is 2.14. The number of rotatable bonds is 14. The second kappa shape index (κ2) is 24.2. The molecule has 25 heavy (non-hydrogen) atoms. The minimum Gasteiger partial charge on any atom is -0.392 e. The van der Waals surface area contributed by atoms with Crippen LogP contribution in [0.15, 0.2) is 0 Å². The van der Waals surface area contributed by atoms with E-state index in [1.165, 1.54) is 0 Å². The van der Waals surface area contributed by atoms with Crippen LogP contribution in [0.4, 0.5) is 0 Å². The Kier molecular flexibility index (Phi) is 30.8. The Bertz CT molecular complexity index is 197. The summed E-state index contributed by atoms with van der Waals surface area (Å²) in [6.45, 7) is 0. The summed E-state index contributed by atoms with van der Waals surface area (Å²) < 4.78 is 0. The molecule has 0 aromatic heterocycles. The predicted molar refractivity (Wildman–Crippen MR) is 104 cm³/mol. The molecule has 0 aromatic carbocycles. The van der Waals surface area contributed by atoms with Crippen LogP contribution < -0.4 is 0 Å². The fourth-order valence-electron chi connectivity index (χ4n) is 1.31. The van der Waals surface area contributed by atoms with Crippen LogP contribution in [0.2, 0.25) is 0 Å². The van der Waals surface area contributed by atoms with Gasteiger partial charge in [0.2, 0.25) is 0 Å². The third-order valence-electron chi connectivity index (χ3n) is 3.06. The summed E-state index contributed by atoms with van der Waals surface area (Å²) in [5.41, 5.74) is 0. The van der Waals surface area contributed by atoms with Crippen LogP contribution >= 0.6 is 31.7 Å². The van der Waals surface area contributed by atoms with Gasteiger partial charge in [-0.1, -0.05) is 31.7 Å². The van der Waals surface area contributed by atoms with Gasteiger partial charge in [-0.05, 0) is 24.6 Å².